The Morgan fingerprint density at radius 1 is 0.500 bits per heavy atom. The van der Waals surface area contributed by atoms with Crippen LogP contribution in [0.3, 0.4) is 0 Å². The first-order valence-electron chi connectivity index (χ1n) is 17.7. The van der Waals surface area contributed by atoms with E-state index in [9.17, 15) is 0 Å². The number of hydrogen-bond acceptors (Lipinski definition) is 1. The molecule has 3 atom stereocenters. The van der Waals surface area contributed by atoms with Crippen molar-refractivity contribution in [3.63, 3.8) is 0 Å². The lowest BCUT2D eigenvalue weighted by molar-refractivity contribution is 0.673. The van der Waals surface area contributed by atoms with Crippen LogP contribution < -0.4 is 4.90 Å². The number of nitrogens with zero attached hydrogens (tertiary/aromatic N) is 2. The van der Waals surface area contributed by atoms with Gasteiger partial charge in [0.15, 0.2) is 0 Å². The Hall–Kier alpha value is -6.12. The largest absolute Gasteiger partial charge is 0.336 e. The van der Waals surface area contributed by atoms with Crippen molar-refractivity contribution >= 4 is 27.5 Å². The lowest BCUT2D eigenvalue weighted by atomic mass is 9.82. The summed E-state index contributed by atoms with van der Waals surface area (Å²) in [5.41, 5.74) is 14.1. The van der Waals surface area contributed by atoms with E-state index >= 15 is 0 Å². The number of allylic oxidation sites excluding steroid dienone is 5. The van der Waals surface area contributed by atoms with Crippen molar-refractivity contribution in [1.82, 2.24) is 4.57 Å². The number of hydrogen-bond donors (Lipinski definition) is 0. The molecule has 0 radical (unpaired) electrons. The zero-order chi connectivity index (χ0) is 33.0. The van der Waals surface area contributed by atoms with Gasteiger partial charge in [0, 0.05) is 39.7 Å². The molecule has 0 saturated heterocycles. The maximum atomic E-state index is 2.63. The quantitative estimate of drug-likeness (QED) is 0.182. The fraction of sp³-hybridized carbons (Fsp3) is 0.0833. The normalized spacial score (nSPS) is 19.4. The molecule has 10 rings (SSSR count). The highest BCUT2D eigenvalue weighted by Crippen LogP contribution is 2.50. The Kier molecular flexibility index (Phi) is 6.80. The molecule has 0 amide bonds. The third-order valence-electron chi connectivity index (χ3n) is 10.9. The molecule has 2 heteroatoms. The fourth-order valence-electron chi connectivity index (χ4n) is 8.58. The van der Waals surface area contributed by atoms with Crippen LogP contribution >= 0.6 is 0 Å². The number of aromatic nitrogens is 1. The van der Waals surface area contributed by atoms with Crippen molar-refractivity contribution in [1.29, 1.82) is 0 Å². The highest BCUT2D eigenvalue weighted by Gasteiger charge is 2.42. The molecule has 2 heterocycles. The average Bonchev–Trinajstić information content (AvgIpc) is 3.71. The molecule has 1 aromatic heterocycles. The second-order valence-corrected chi connectivity index (χ2v) is 13.6. The van der Waals surface area contributed by atoms with Crippen LogP contribution in [0.25, 0.3) is 49.7 Å². The summed E-state index contributed by atoms with van der Waals surface area (Å²) >= 11 is 0. The van der Waals surface area contributed by atoms with E-state index in [4.69, 9.17) is 0 Å². The second-order valence-electron chi connectivity index (χ2n) is 13.6. The molecule has 238 valence electrons. The molecule has 3 aliphatic rings. The SMILES string of the molecule is C1=CC2C3=C(C(c4ccc5c(c4)c4ccccc4n5-c4ccc(-c5ccccc5)cc4)CC=C3)N(c3ccc(-c4ccccc4)cc3)C2C=C1. The maximum absolute atomic E-state index is 2.63. The van der Waals surface area contributed by atoms with E-state index in [2.05, 4.69) is 198 Å². The molecular formula is C48H36N2. The van der Waals surface area contributed by atoms with Crippen LogP contribution in [0.15, 0.2) is 199 Å². The molecule has 50 heavy (non-hydrogen) atoms. The highest BCUT2D eigenvalue weighted by molar-refractivity contribution is 6.09. The minimum atomic E-state index is 0.257. The first-order chi connectivity index (χ1) is 24.8. The molecule has 0 saturated carbocycles. The van der Waals surface area contributed by atoms with Crippen molar-refractivity contribution in [3.05, 3.63) is 205 Å². The predicted molar refractivity (Wildman–Crippen MR) is 210 cm³/mol. The smallest absolute Gasteiger partial charge is 0.0626 e. The van der Waals surface area contributed by atoms with Crippen LogP contribution in [-0.4, -0.2) is 10.6 Å². The third-order valence-corrected chi connectivity index (χ3v) is 10.9. The summed E-state index contributed by atoms with van der Waals surface area (Å²) in [4.78, 5) is 2.63. The van der Waals surface area contributed by atoms with Gasteiger partial charge in [0.1, 0.15) is 0 Å². The highest BCUT2D eigenvalue weighted by atomic mass is 15.2. The molecule has 0 bridgehead atoms. The molecule has 7 aromatic rings. The summed E-state index contributed by atoms with van der Waals surface area (Å²) in [6, 6.07) is 55.8. The minimum Gasteiger partial charge on any atom is -0.336 e. The van der Waals surface area contributed by atoms with Crippen LogP contribution in [0.4, 0.5) is 5.69 Å². The number of benzene rings is 6. The van der Waals surface area contributed by atoms with Crippen molar-refractivity contribution in [3.8, 4) is 27.9 Å². The van der Waals surface area contributed by atoms with Crippen LogP contribution in [0.2, 0.25) is 0 Å². The van der Waals surface area contributed by atoms with E-state index < -0.39 is 0 Å². The molecule has 1 aliphatic heterocycles. The summed E-state index contributed by atoms with van der Waals surface area (Å²) in [6.07, 6.45) is 15.0. The lowest BCUT2D eigenvalue weighted by Gasteiger charge is -2.34. The van der Waals surface area contributed by atoms with Gasteiger partial charge < -0.3 is 9.47 Å². The third kappa shape index (κ3) is 4.64. The molecule has 0 spiro atoms. The van der Waals surface area contributed by atoms with Gasteiger partial charge in [-0.15, -0.1) is 0 Å². The van der Waals surface area contributed by atoms with E-state index in [1.165, 1.54) is 72.3 Å². The van der Waals surface area contributed by atoms with E-state index in [0.717, 1.165) is 6.42 Å². The summed E-state index contributed by atoms with van der Waals surface area (Å²) in [7, 11) is 0. The van der Waals surface area contributed by atoms with E-state index in [-0.39, 0.29) is 12.0 Å². The summed E-state index contributed by atoms with van der Waals surface area (Å²) in [6.45, 7) is 0. The summed E-state index contributed by atoms with van der Waals surface area (Å²) in [5, 5.41) is 2.59. The fourth-order valence-corrected chi connectivity index (χ4v) is 8.58. The molecule has 3 unspecified atom stereocenters. The molecular weight excluding hydrogens is 605 g/mol. The van der Waals surface area contributed by atoms with E-state index in [0.29, 0.717) is 5.92 Å². The predicted octanol–water partition coefficient (Wildman–Crippen LogP) is 12.0. The second kappa shape index (κ2) is 11.8. The van der Waals surface area contributed by atoms with E-state index in [1.54, 1.807) is 0 Å². The van der Waals surface area contributed by atoms with Gasteiger partial charge in [-0.2, -0.15) is 0 Å². The maximum Gasteiger partial charge on any atom is 0.0626 e. The Bertz CT molecular complexity index is 2490. The van der Waals surface area contributed by atoms with Gasteiger partial charge in [-0.05, 0) is 82.3 Å². The summed E-state index contributed by atoms with van der Waals surface area (Å²) in [5.74, 6) is 0.597. The van der Waals surface area contributed by atoms with Gasteiger partial charge in [-0.25, -0.2) is 0 Å². The monoisotopic (exact) mass is 640 g/mol. The minimum absolute atomic E-state index is 0.257. The van der Waals surface area contributed by atoms with Crippen molar-refractivity contribution < 1.29 is 0 Å². The molecule has 0 fully saturated rings. The van der Waals surface area contributed by atoms with Crippen molar-refractivity contribution in [2.24, 2.45) is 5.92 Å². The number of rotatable bonds is 5. The first kappa shape index (κ1) is 28.9. The average molecular weight is 641 g/mol. The van der Waals surface area contributed by atoms with Crippen LogP contribution in [0.1, 0.15) is 17.9 Å². The Balaban J connectivity index is 1.07. The molecule has 6 aromatic carbocycles. The zero-order valence-corrected chi connectivity index (χ0v) is 27.7. The van der Waals surface area contributed by atoms with Gasteiger partial charge in [-0.3, -0.25) is 0 Å². The van der Waals surface area contributed by atoms with Gasteiger partial charge in [0.2, 0.25) is 0 Å². The molecule has 2 aliphatic carbocycles. The van der Waals surface area contributed by atoms with E-state index in [1.807, 2.05) is 0 Å². The number of para-hydroxylation sites is 1. The van der Waals surface area contributed by atoms with Crippen LogP contribution in [0, 0.1) is 5.92 Å². The summed E-state index contributed by atoms with van der Waals surface area (Å²) < 4.78 is 2.43. The number of anilines is 1. The number of fused-ring (bicyclic) bond motifs is 5. The van der Waals surface area contributed by atoms with Crippen LogP contribution in [0.5, 0.6) is 0 Å². The standard InChI is InChI=1S/C48H36N2/c1-3-12-33(13-4-1)35-22-27-38(28-23-35)49-45-20-9-8-17-42(45)44-32-37(26-31-47(44)49)40-18-11-19-43-41-16-7-10-21-46(41)50(48(40)43)39-29-24-36(25-30-39)34-14-5-2-6-15-34/h1-17,19-32,40-41,46H,18H2. The lowest BCUT2D eigenvalue weighted by Crippen LogP contribution is -2.34. The Morgan fingerprint density at radius 3 is 1.82 bits per heavy atom. The molecule has 0 N–H and O–H groups in total. The molecule has 2 nitrogen and oxygen atoms in total. The Labute approximate surface area is 293 Å². The Morgan fingerprint density at radius 2 is 1.10 bits per heavy atom. The van der Waals surface area contributed by atoms with Gasteiger partial charge in [0.25, 0.3) is 0 Å². The van der Waals surface area contributed by atoms with Crippen LogP contribution in [-0.2, 0) is 0 Å². The van der Waals surface area contributed by atoms with Gasteiger partial charge >= 0.3 is 0 Å². The van der Waals surface area contributed by atoms with Gasteiger partial charge in [-0.1, -0.05) is 146 Å². The van der Waals surface area contributed by atoms with Gasteiger partial charge in [0.05, 0.1) is 17.1 Å². The van der Waals surface area contributed by atoms with Crippen molar-refractivity contribution in [2.75, 3.05) is 4.90 Å². The topological polar surface area (TPSA) is 8.17 Å². The van der Waals surface area contributed by atoms with Crippen molar-refractivity contribution in [2.45, 2.75) is 18.4 Å². The first-order valence-corrected chi connectivity index (χ1v) is 17.7. The zero-order valence-electron chi connectivity index (χ0n) is 27.7.